The Morgan fingerprint density at radius 1 is 1.00 bits per heavy atom. The van der Waals surface area contributed by atoms with Crippen LogP contribution < -0.4 is 5.32 Å². The topological polar surface area (TPSA) is 82.9 Å². The maximum atomic E-state index is 12.9. The van der Waals surface area contributed by atoms with Crippen molar-refractivity contribution < 1.29 is 18.8 Å². The first kappa shape index (κ1) is 21.5. The molecule has 7 heteroatoms. The molecule has 2 aromatic carbocycles. The molecule has 3 aromatic rings. The van der Waals surface area contributed by atoms with Crippen molar-refractivity contribution in [3.63, 3.8) is 0 Å². The van der Waals surface area contributed by atoms with E-state index in [4.69, 9.17) is 4.42 Å². The number of benzene rings is 2. The highest BCUT2D eigenvalue weighted by Crippen LogP contribution is 2.25. The Bertz CT molecular complexity index is 1120. The van der Waals surface area contributed by atoms with E-state index in [1.54, 1.807) is 24.5 Å². The fourth-order valence-corrected chi connectivity index (χ4v) is 3.83. The summed E-state index contributed by atoms with van der Waals surface area (Å²) in [5.41, 5.74) is 2.00. The van der Waals surface area contributed by atoms with Gasteiger partial charge in [0.15, 0.2) is 0 Å². The molecule has 0 saturated heterocycles. The summed E-state index contributed by atoms with van der Waals surface area (Å²) in [6.07, 6.45) is 2.18. The van der Waals surface area contributed by atoms with Crippen LogP contribution in [0.3, 0.4) is 0 Å². The van der Waals surface area contributed by atoms with Gasteiger partial charge in [-0.1, -0.05) is 30.3 Å². The van der Waals surface area contributed by atoms with Gasteiger partial charge in [0.2, 0.25) is 0 Å². The molecule has 0 saturated carbocycles. The first-order chi connectivity index (χ1) is 15.5. The average molecular weight is 431 g/mol. The highest BCUT2D eigenvalue weighted by atomic mass is 16.3. The van der Waals surface area contributed by atoms with E-state index in [1.165, 1.54) is 11.0 Å². The number of carbonyl (C=O) groups excluding carboxylic acids is 3. The number of hydrogen-bond donors (Lipinski definition) is 1. The van der Waals surface area contributed by atoms with Crippen LogP contribution in [-0.2, 0) is 6.42 Å². The highest BCUT2D eigenvalue weighted by molar-refractivity contribution is 6.22. The van der Waals surface area contributed by atoms with Crippen LogP contribution in [0, 0.1) is 0 Å². The van der Waals surface area contributed by atoms with Crippen molar-refractivity contribution in [2.24, 2.45) is 0 Å². The third-order valence-corrected chi connectivity index (χ3v) is 5.65. The second-order valence-electron chi connectivity index (χ2n) is 7.96. The summed E-state index contributed by atoms with van der Waals surface area (Å²) < 4.78 is 5.47. The third kappa shape index (κ3) is 4.33. The molecule has 32 heavy (non-hydrogen) atoms. The highest BCUT2D eigenvalue weighted by Gasteiger charge is 2.35. The van der Waals surface area contributed by atoms with Gasteiger partial charge in [-0.3, -0.25) is 24.2 Å². The first-order valence-electron chi connectivity index (χ1n) is 10.5. The first-order valence-corrected chi connectivity index (χ1v) is 10.5. The monoisotopic (exact) mass is 431 g/mol. The molecule has 4 rings (SSSR count). The van der Waals surface area contributed by atoms with E-state index in [9.17, 15) is 14.4 Å². The predicted molar refractivity (Wildman–Crippen MR) is 119 cm³/mol. The van der Waals surface area contributed by atoms with Crippen LogP contribution in [0.4, 0.5) is 0 Å². The predicted octanol–water partition coefficient (Wildman–Crippen LogP) is 3.15. The van der Waals surface area contributed by atoms with E-state index in [2.05, 4.69) is 5.32 Å². The van der Waals surface area contributed by atoms with Gasteiger partial charge < -0.3 is 9.73 Å². The van der Waals surface area contributed by atoms with E-state index >= 15 is 0 Å². The van der Waals surface area contributed by atoms with E-state index < -0.39 is 0 Å². The van der Waals surface area contributed by atoms with Crippen LogP contribution in [0.1, 0.15) is 48.4 Å². The minimum atomic E-state index is -0.364. The summed E-state index contributed by atoms with van der Waals surface area (Å²) in [4.78, 5) is 41.5. The fourth-order valence-electron chi connectivity index (χ4n) is 3.83. The average Bonchev–Trinajstić information content (AvgIpc) is 3.40. The number of nitrogens with one attached hydrogen (secondary N) is 1. The van der Waals surface area contributed by atoms with Crippen LogP contribution in [0.15, 0.2) is 71.3 Å². The van der Waals surface area contributed by atoms with Gasteiger partial charge in [-0.25, -0.2) is 0 Å². The van der Waals surface area contributed by atoms with Crippen molar-refractivity contribution >= 4 is 17.7 Å². The lowest BCUT2D eigenvalue weighted by atomic mass is 10.1. The zero-order valence-corrected chi connectivity index (χ0v) is 18.1. The minimum Gasteiger partial charge on any atom is -0.468 e. The number of fused-ring (bicyclic) bond motifs is 1. The molecule has 7 nitrogen and oxygen atoms in total. The largest absolute Gasteiger partial charge is 0.468 e. The van der Waals surface area contributed by atoms with Crippen molar-refractivity contribution in [3.8, 4) is 0 Å². The Morgan fingerprint density at radius 3 is 2.44 bits per heavy atom. The van der Waals surface area contributed by atoms with E-state index in [-0.39, 0.29) is 29.3 Å². The van der Waals surface area contributed by atoms with Gasteiger partial charge in [0, 0.05) is 18.7 Å². The van der Waals surface area contributed by atoms with Crippen molar-refractivity contribution in [1.29, 1.82) is 0 Å². The number of furan rings is 1. The number of carbonyl (C=O) groups is 3. The number of imide groups is 1. The summed E-state index contributed by atoms with van der Waals surface area (Å²) in [5.74, 6) is -0.246. The lowest BCUT2D eigenvalue weighted by Crippen LogP contribution is -2.34. The van der Waals surface area contributed by atoms with Gasteiger partial charge in [0.1, 0.15) is 5.76 Å². The molecule has 164 valence electrons. The number of likely N-dealkylation sites (N-methyl/N-ethyl adjacent to an activating group) is 1. The number of nitrogens with zero attached hydrogens (tertiary/aromatic N) is 2. The molecule has 2 heterocycles. The van der Waals surface area contributed by atoms with Crippen LogP contribution in [0.25, 0.3) is 0 Å². The summed E-state index contributed by atoms with van der Waals surface area (Å²) in [5, 5.41) is 2.89. The van der Waals surface area contributed by atoms with Crippen molar-refractivity contribution in [1.82, 2.24) is 15.1 Å². The maximum Gasteiger partial charge on any atom is 0.261 e. The maximum absolute atomic E-state index is 12.9. The zero-order valence-electron chi connectivity index (χ0n) is 18.1. The summed E-state index contributed by atoms with van der Waals surface area (Å²) >= 11 is 0. The second-order valence-corrected chi connectivity index (χ2v) is 7.96. The zero-order chi connectivity index (χ0) is 22.7. The van der Waals surface area contributed by atoms with Gasteiger partial charge in [0.25, 0.3) is 17.7 Å². The summed E-state index contributed by atoms with van der Waals surface area (Å²) in [6.45, 7) is 0.637. The molecule has 1 aliphatic rings. The molecule has 0 bridgehead atoms. The van der Waals surface area contributed by atoms with Crippen LogP contribution in [0.2, 0.25) is 0 Å². The Labute approximate surface area is 186 Å². The smallest absolute Gasteiger partial charge is 0.261 e. The van der Waals surface area contributed by atoms with Gasteiger partial charge in [-0.05, 0) is 56.4 Å². The van der Waals surface area contributed by atoms with Crippen molar-refractivity contribution in [2.75, 3.05) is 27.2 Å². The van der Waals surface area contributed by atoms with Gasteiger partial charge >= 0.3 is 0 Å². The number of amides is 3. The molecule has 0 radical (unpaired) electrons. The number of hydrogen-bond acceptors (Lipinski definition) is 5. The summed E-state index contributed by atoms with van der Waals surface area (Å²) in [7, 11) is 3.81. The van der Waals surface area contributed by atoms with Gasteiger partial charge in [-0.15, -0.1) is 0 Å². The molecule has 1 unspecified atom stereocenters. The molecule has 1 atom stereocenters. The molecule has 1 aliphatic heterocycles. The normalized spacial score (nSPS) is 14.0. The fraction of sp³-hybridized carbons (Fsp3) is 0.240. The van der Waals surface area contributed by atoms with E-state index in [1.807, 2.05) is 55.4 Å². The standard InChI is InChI=1S/C25H25N3O4/c1-27(2)21(22-9-6-14-32-22)16-26-23(29)18-10-11-19-20(15-18)25(31)28(24(19)30)13-12-17-7-4-3-5-8-17/h3-11,14-15,21H,12-13,16H2,1-2H3,(H,26,29). The molecule has 0 aliphatic carbocycles. The molecular weight excluding hydrogens is 406 g/mol. The quantitative estimate of drug-likeness (QED) is 0.554. The van der Waals surface area contributed by atoms with Gasteiger partial charge in [0.05, 0.1) is 23.4 Å². The lowest BCUT2D eigenvalue weighted by molar-refractivity contribution is 0.0656. The van der Waals surface area contributed by atoms with E-state index in [0.29, 0.717) is 30.6 Å². The Balaban J connectivity index is 1.44. The molecule has 3 amide bonds. The Morgan fingerprint density at radius 2 is 1.75 bits per heavy atom. The van der Waals surface area contributed by atoms with Crippen LogP contribution in [-0.4, -0.2) is 54.7 Å². The number of rotatable bonds is 8. The molecular formula is C25H25N3O4. The Hall–Kier alpha value is -3.71. The second kappa shape index (κ2) is 9.20. The third-order valence-electron chi connectivity index (χ3n) is 5.65. The van der Waals surface area contributed by atoms with Crippen molar-refractivity contribution in [2.45, 2.75) is 12.5 Å². The Kier molecular flexibility index (Phi) is 6.18. The molecule has 0 spiro atoms. The van der Waals surface area contributed by atoms with Gasteiger partial charge in [-0.2, -0.15) is 0 Å². The SMILES string of the molecule is CN(C)C(CNC(=O)c1ccc2c(c1)C(=O)N(CCc1ccccc1)C2=O)c1ccco1. The van der Waals surface area contributed by atoms with E-state index in [0.717, 1.165) is 11.3 Å². The lowest BCUT2D eigenvalue weighted by Gasteiger charge is -2.22. The summed E-state index contributed by atoms with van der Waals surface area (Å²) in [6, 6.07) is 17.9. The molecule has 1 N–H and O–H groups in total. The molecule has 1 aromatic heterocycles. The van der Waals surface area contributed by atoms with Crippen LogP contribution in [0.5, 0.6) is 0 Å². The van der Waals surface area contributed by atoms with Crippen LogP contribution >= 0.6 is 0 Å². The van der Waals surface area contributed by atoms with Crippen molar-refractivity contribution in [3.05, 3.63) is 94.9 Å². The molecule has 0 fully saturated rings. The minimum absolute atomic E-state index is 0.125.